The van der Waals surface area contributed by atoms with Gasteiger partial charge in [-0.2, -0.15) is 13.2 Å². The van der Waals surface area contributed by atoms with Gasteiger partial charge in [-0.15, -0.1) is 0 Å². The van der Waals surface area contributed by atoms with E-state index in [1.165, 1.54) is 5.56 Å². The zero-order valence-corrected chi connectivity index (χ0v) is 15.3. The van der Waals surface area contributed by atoms with Crippen LogP contribution in [0.3, 0.4) is 0 Å². The molecule has 0 bridgehead atoms. The van der Waals surface area contributed by atoms with E-state index in [9.17, 15) is 22.8 Å². The largest absolute Gasteiger partial charge is 0.406 e. The maximum absolute atomic E-state index is 12.8. The second-order valence-electron chi connectivity index (χ2n) is 7.39. The van der Waals surface area contributed by atoms with Crippen molar-refractivity contribution in [3.8, 4) is 0 Å². The van der Waals surface area contributed by atoms with Crippen LogP contribution >= 0.6 is 0 Å². The fourth-order valence-electron chi connectivity index (χ4n) is 3.89. The van der Waals surface area contributed by atoms with Crippen LogP contribution in [0.15, 0.2) is 30.3 Å². The van der Waals surface area contributed by atoms with Gasteiger partial charge < -0.3 is 9.80 Å². The summed E-state index contributed by atoms with van der Waals surface area (Å²) in [5.74, 6) is -1.48. The van der Waals surface area contributed by atoms with Gasteiger partial charge in [0, 0.05) is 45.2 Å². The molecule has 27 heavy (non-hydrogen) atoms. The number of benzene rings is 1. The van der Waals surface area contributed by atoms with Gasteiger partial charge in [0.05, 0.1) is 5.92 Å². The normalized spacial score (nSPS) is 24.5. The maximum atomic E-state index is 12.8. The van der Waals surface area contributed by atoms with Crippen molar-refractivity contribution in [1.29, 1.82) is 0 Å². The van der Waals surface area contributed by atoms with E-state index in [0.717, 1.165) is 11.4 Å². The van der Waals surface area contributed by atoms with Crippen molar-refractivity contribution in [2.45, 2.75) is 32.1 Å². The molecule has 2 fully saturated rings. The molecule has 0 spiro atoms. The average molecular weight is 383 g/mol. The molecule has 1 aromatic rings. The lowest BCUT2D eigenvalue weighted by molar-refractivity contribution is -0.157. The molecule has 8 heteroatoms. The van der Waals surface area contributed by atoms with Gasteiger partial charge in [0.25, 0.3) is 0 Å². The third kappa shape index (κ3) is 5.00. The van der Waals surface area contributed by atoms with Gasteiger partial charge in [-0.05, 0) is 12.5 Å². The van der Waals surface area contributed by atoms with E-state index in [-0.39, 0.29) is 24.9 Å². The van der Waals surface area contributed by atoms with Gasteiger partial charge >= 0.3 is 6.18 Å². The zero-order valence-electron chi connectivity index (χ0n) is 15.3. The lowest BCUT2D eigenvalue weighted by Gasteiger charge is -2.41. The molecule has 2 aliphatic rings. The Hall–Kier alpha value is -2.09. The molecule has 0 aromatic heterocycles. The Kier molecular flexibility index (Phi) is 5.74. The van der Waals surface area contributed by atoms with E-state index in [1.807, 2.05) is 25.1 Å². The first-order chi connectivity index (χ1) is 12.7. The van der Waals surface area contributed by atoms with Crippen LogP contribution in [0.4, 0.5) is 13.2 Å². The van der Waals surface area contributed by atoms with Crippen molar-refractivity contribution in [2.75, 3.05) is 32.7 Å². The second kappa shape index (κ2) is 7.88. The third-order valence-electron chi connectivity index (χ3n) is 5.18. The molecule has 3 rings (SSSR count). The summed E-state index contributed by atoms with van der Waals surface area (Å²) < 4.78 is 37.7. The predicted octanol–water partition coefficient (Wildman–Crippen LogP) is 2.13. The first-order valence-corrected chi connectivity index (χ1v) is 9.14. The number of amides is 2. The van der Waals surface area contributed by atoms with E-state index in [4.69, 9.17) is 0 Å². The molecule has 0 aliphatic carbocycles. The van der Waals surface area contributed by atoms with E-state index in [2.05, 4.69) is 17.0 Å². The number of carbonyl (C=O) groups excluding carboxylic acids is 2. The van der Waals surface area contributed by atoms with Crippen LogP contribution in [0.2, 0.25) is 0 Å². The van der Waals surface area contributed by atoms with Crippen molar-refractivity contribution in [2.24, 2.45) is 5.92 Å². The minimum atomic E-state index is -4.44. The smallest absolute Gasteiger partial charge is 0.337 e. The van der Waals surface area contributed by atoms with Crippen molar-refractivity contribution in [1.82, 2.24) is 14.7 Å². The monoisotopic (exact) mass is 383 g/mol. The molecule has 2 aliphatic heterocycles. The van der Waals surface area contributed by atoms with Crippen molar-refractivity contribution in [3.63, 3.8) is 0 Å². The quantitative estimate of drug-likeness (QED) is 0.800. The highest BCUT2D eigenvalue weighted by molar-refractivity contribution is 5.89. The van der Waals surface area contributed by atoms with E-state index < -0.39 is 24.5 Å². The zero-order chi connectivity index (χ0) is 19.6. The molecule has 0 N–H and O–H groups in total. The Morgan fingerprint density at radius 2 is 1.85 bits per heavy atom. The van der Waals surface area contributed by atoms with Crippen LogP contribution in [0.25, 0.3) is 0 Å². The van der Waals surface area contributed by atoms with Crippen molar-refractivity contribution < 1.29 is 22.8 Å². The third-order valence-corrected chi connectivity index (χ3v) is 5.18. The Labute approximate surface area is 156 Å². The summed E-state index contributed by atoms with van der Waals surface area (Å²) in [6.45, 7) is 3.25. The lowest BCUT2D eigenvalue weighted by atomic mass is 10.0. The van der Waals surface area contributed by atoms with Crippen LogP contribution in [0.5, 0.6) is 0 Å². The lowest BCUT2D eigenvalue weighted by Crippen LogP contribution is -2.55. The van der Waals surface area contributed by atoms with Crippen molar-refractivity contribution >= 4 is 11.8 Å². The molecule has 5 nitrogen and oxygen atoms in total. The SMILES string of the molecule is CC1CN(Cc2ccccc2)CCN1C(=O)C1CC(=O)N(CC(F)(F)F)C1. The highest BCUT2D eigenvalue weighted by Gasteiger charge is 2.42. The molecule has 2 amide bonds. The maximum Gasteiger partial charge on any atom is 0.406 e. The van der Waals surface area contributed by atoms with Crippen molar-refractivity contribution in [3.05, 3.63) is 35.9 Å². The average Bonchev–Trinajstić information content (AvgIpc) is 2.94. The fraction of sp³-hybridized carbons (Fsp3) is 0.579. The van der Waals surface area contributed by atoms with Crippen LogP contribution in [0, 0.1) is 5.92 Å². The molecule has 0 saturated carbocycles. The summed E-state index contributed by atoms with van der Waals surface area (Å²) in [6.07, 6.45) is -4.57. The van der Waals surface area contributed by atoms with E-state index >= 15 is 0 Å². The van der Waals surface area contributed by atoms with Crippen LogP contribution in [0.1, 0.15) is 18.9 Å². The number of rotatable bonds is 4. The van der Waals surface area contributed by atoms with Gasteiger partial charge in [-0.1, -0.05) is 30.3 Å². The van der Waals surface area contributed by atoms with Gasteiger partial charge in [0.2, 0.25) is 11.8 Å². The number of carbonyl (C=O) groups is 2. The minimum Gasteiger partial charge on any atom is -0.337 e. The number of piperazine rings is 1. The summed E-state index contributed by atoms with van der Waals surface area (Å²) in [5, 5.41) is 0. The number of likely N-dealkylation sites (tertiary alicyclic amines) is 1. The minimum absolute atomic E-state index is 0.0401. The summed E-state index contributed by atoms with van der Waals surface area (Å²) in [4.78, 5) is 29.3. The molecular weight excluding hydrogens is 359 g/mol. The molecular formula is C19H24F3N3O2. The highest BCUT2D eigenvalue weighted by atomic mass is 19.4. The molecule has 1 aromatic carbocycles. The topological polar surface area (TPSA) is 43.9 Å². The van der Waals surface area contributed by atoms with E-state index in [0.29, 0.717) is 19.6 Å². The Balaban J connectivity index is 1.55. The van der Waals surface area contributed by atoms with Crippen LogP contribution in [-0.4, -0.2) is 71.5 Å². The molecule has 2 atom stereocenters. The van der Waals surface area contributed by atoms with Crippen LogP contribution in [-0.2, 0) is 16.1 Å². The molecule has 148 valence electrons. The van der Waals surface area contributed by atoms with Crippen LogP contribution < -0.4 is 0 Å². The molecule has 2 unspecified atom stereocenters. The molecule has 0 radical (unpaired) electrons. The molecule has 2 heterocycles. The predicted molar refractivity (Wildman–Crippen MR) is 93.6 cm³/mol. The Morgan fingerprint density at radius 1 is 1.15 bits per heavy atom. The number of alkyl halides is 3. The number of halogens is 3. The molecule has 2 saturated heterocycles. The van der Waals surface area contributed by atoms with Gasteiger partial charge in [0.15, 0.2) is 0 Å². The summed E-state index contributed by atoms with van der Waals surface area (Å²) in [6, 6.07) is 10.0. The Bertz CT molecular complexity index is 681. The Morgan fingerprint density at radius 3 is 2.48 bits per heavy atom. The first kappa shape index (κ1) is 19.7. The number of hydrogen-bond acceptors (Lipinski definition) is 3. The van der Waals surface area contributed by atoms with Gasteiger partial charge in [-0.25, -0.2) is 0 Å². The second-order valence-corrected chi connectivity index (χ2v) is 7.39. The van der Waals surface area contributed by atoms with Gasteiger partial charge in [0.1, 0.15) is 6.54 Å². The summed E-state index contributed by atoms with van der Waals surface area (Å²) in [5.41, 5.74) is 1.20. The summed E-state index contributed by atoms with van der Waals surface area (Å²) in [7, 11) is 0. The summed E-state index contributed by atoms with van der Waals surface area (Å²) >= 11 is 0. The number of hydrogen-bond donors (Lipinski definition) is 0. The first-order valence-electron chi connectivity index (χ1n) is 9.14. The standard InChI is InChI=1S/C19H24F3N3O2/c1-14-10-23(11-15-5-3-2-4-6-15)7-8-25(14)18(27)16-9-17(26)24(12-16)13-19(20,21)22/h2-6,14,16H,7-13H2,1H3. The highest BCUT2D eigenvalue weighted by Crippen LogP contribution is 2.26. The fourth-order valence-corrected chi connectivity index (χ4v) is 3.89. The van der Waals surface area contributed by atoms with E-state index in [1.54, 1.807) is 4.90 Å². The van der Waals surface area contributed by atoms with Gasteiger partial charge in [-0.3, -0.25) is 14.5 Å². The number of nitrogens with zero attached hydrogens (tertiary/aromatic N) is 3.